The van der Waals surface area contributed by atoms with E-state index in [0.29, 0.717) is 0 Å². The minimum absolute atomic E-state index is 0.733. The summed E-state index contributed by atoms with van der Waals surface area (Å²) in [6.07, 6.45) is 7.30. The summed E-state index contributed by atoms with van der Waals surface area (Å²) >= 11 is 0. The molecule has 0 amide bonds. The molecule has 0 aromatic rings. The Kier molecular flexibility index (Phi) is 1.92. The Bertz CT molecular complexity index is 132. The van der Waals surface area contributed by atoms with Crippen LogP contribution in [-0.2, 0) is 0 Å². The summed E-state index contributed by atoms with van der Waals surface area (Å²) in [7, 11) is 0. The zero-order chi connectivity index (χ0) is 7.73. The van der Waals surface area contributed by atoms with Crippen molar-refractivity contribution < 1.29 is 0 Å². The van der Waals surface area contributed by atoms with Crippen molar-refractivity contribution in [2.24, 2.45) is 5.41 Å². The molecule has 0 aromatic heterocycles. The number of hydrogen-bond donors (Lipinski definition) is 0. The molecule has 0 bridgehead atoms. The highest BCUT2D eigenvalue weighted by atomic mass is 15.1. The van der Waals surface area contributed by atoms with Crippen LogP contribution in [0.4, 0.5) is 0 Å². The number of hydrogen-bond acceptors (Lipinski definition) is 1. The molecule has 1 aliphatic heterocycles. The first-order valence-electron chi connectivity index (χ1n) is 5.01. The highest BCUT2D eigenvalue weighted by Gasteiger charge is 2.38. The molecule has 11 heavy (non-hydrogen) atoms. The van der Waals surface area contributed by atoms with Crippen molar-refractivity contribution in [2.45, 2.75) is 39.0 Å². The molecule has 0 radical (unpaired) electrons. The van der Waals surface area contributed by atoms with Crippen molar-refractivity contribution in [1.29, 1.82) is 0 Å². The molecule has 1 heterocycles. The second-order valence-corrected chi connectivity index (χ2v) is 4.65. The van der Waals surface area contributed by atoms with Crippen molar-refractivity contribution in [3.8, 4) is 0 Å². The Morgan fingerprint density at radius 2 is 1.73 bits per heavy atom. The van der Waals surface area contributed by atoms with Crippen molar-refractivity contribution in [2.75, 3.05) is 19.6 Å². The lowest BCUT2D eigenvalue weighted by molar-refractivity contribution is 0.193. The quantitative estimate of drug-likeness (QED) is 0.588. The van der Waals surface area contributed by atoms with Crippen LogP contribution in [0.5, 0.6) is 0 Å². The lowest BCUT2D eigenvalue weighted by atomic mass is 10.1. The first-order chi connectivity index (χ1) is 5.29. The lowest BCUT2D eigenvalue weighted by Gasteiger charge is -2.28. The van der Waals surface area contributed by atoms with E-state index in [2.05, 4.69) is 11.8 Å². The van der Waals surface area contributed by atoms with Gasteiger partial charge in [-0.3, -0.25) is 0 Å². The molecule has 2 rings (SSSR count). The van der Waals surface area contributed by atoms with Gasteiger partial charge in [-0.05, 0) is 44.2 Å². The van der Waals surface area contributed by atoms with Crippen molar-refractivity contribution in [3.63, 3.8) is 0 Å². The standard InChI is InChI=1S/C10H19N/c1-10(5-6-10)9-11-7-3-2-4-8-11/h2-9H2,1H3. The molecule has 0 spiro atoms. The highest BCUT2D eigenvalue weighted by Crippen LogP contribution is 2.45. The number of rotatable bonds is 2. The minimum atomic E-state index is 0.733. The first-order valence-corrected chi connectivity index (χ1v) is 5.01. The van der Waals surface area contributed by atoms with Gasteiger partial charge < -0.3 is 4.90 Å². The number of nitrogens with zero attached hydrogens (tertiary/aromatic N) is 1. The van der Waals surface area contributed by atoms with Crippen LogP contribution in [0, 0.1) is 5.41 Å². The molecule has 1 heteroatoms. The van der Waals surface area contributed by atoms with Crippen LogP contribution in [0.25, 0.3) is 0 Å². The maximum absolute atomic E-state index is 2.66. The maximum Gasteiger partial charge on any atom is 0.00353 e. The maximum atomic E-state index is 2.66. The van der Waals surface area contributed by atoms with Crippen LogP contribution in [0.15, 0.2) is 0 Å². The molecule has 64 valence electrons. The van der Waals surface area contributed by atoms with E-state index in [9.17, 15) is 0 Å². The van der Waals surface area contributed by atoms with E-state index in [4.69, 9.17) is 0 Å². The molecule has 2 aliphatic rings. The van der Waals surface area contributed by atoms with Crippen molar-refractivity contribution >= 4 is 0 Å². The Hall–Kier alpha value is -0.0400. The van der Waals surface area contributed by atoms with E-state index in [-0.39, 0.29) is 0 Å². The Morgan fingerprint density at radius 1 is 1.09 bits per heavy atom. The molecular formula is C10H19N. The zero-order valence-corrected chi connectivity index (χ0v) is 7.60. The molecule has 0 atom stereocenters. The van der Waals surface area contributed by atoms with Gasteiger partial charge in [0.1, 0.15) is 0 Å². The van der Waals surface area contributed by atoms with E-state index >= 15 is 0 Å². The smallest absolute Gasteiger partial charge is 0.00353 e. The number of likely N-dealkylation sites (tertiary alicyclic amines) is 1. The summed E-state index contributed by atoms with van der Waals surface area (Å²) in [5, 5.41) is 0. The molecule has 1 saturated heterocycles. The van der Waals surface area contributed by atoms with E-state index in [1.54, 1.807) is 0 Å². The van der Waals surface area contributed by atoms with Gasteiger partial charge in [-0.25, -0.2) is 0 Å². The third-order valence-electron chi connectivity index (χ3n) is 3.16. The van der Waals surface area contributed by atoms with Gasteiger partial charge in [0.05, 0.1) is 0 Å². The summed E-state index contributed by atoms with van der Waals surface area (Å²) < 4.78 is 0. The van der Waals surface area contributed by atoms with Gasteiger partial charge in [-0.1, -0.05) is 13.3 Å². The van der Waals surface area contributed by atoms with Gasteiger partial charge in [0.15, 0.2) is 0 Å². The second-order valence-electron chi connectivity index (χ2n) is 4.65. The third kappa shape index (κ3) is 1.96. The van der Waals surface area contributed by atoms with Gasteiger partial charge in [0, 0.05) is 6.54 Å². The summed E-state index contributed by atoms with van der Waals surface area (Å²) in [5.41, 5.74) is 0.733. The molecule has 0 N–H and O–H groups in total. The normalized spacial score (nSPS) is 30.3. The zero-order valence-electron chi connectivity index (χ0n) is 7.60. The van der Waals surface area contributed by atoms with E-state index in [0.717, 1.165) is 5.41 Å². The van der Waals surface area contributed by atoms with Crippen LogP contribution in [0.2, 0.25) is 0 Å². The molecule has 1 saturated carbocycles. The Morgan fingerprint density at radius 3 is 2.27 bits per heavy atom. The molecule has 1 nitrogen and oxygen atoms in total. The molecule has 1 aliphatic carbocycles. The predicted molar refractivity (Wildman–Crippen MR) is 47.6 cm³/mol. The fourth-order valence-electron chi connectivity index (χ4n) is 2.03. The predicted octanol–water partition coefficient (Wildman–Crippen LogP) is 2.27. The minimum Gasteiger partial charge on any atom is -0.303 e. The van der Waals surface area contributed by atoms with E-state index in [1.165, 1.54) is 51.7 Å². The second kappa shape index (κ2) is 2.78. The largest absolute Gasteiger partial charge is 0.303 e. The van der Waals surface area contributed by atoms with E-state index in [1.807, 2.05) is 0 Å². The van der Waals surface area contributed by atoms with Crippen LogP contribution in [0.3, 0.4) is 0 Å². The van der Waals surface area contributed by atoms with Crippen molar-refractivity contribution in [3.05, 3.63) is 0 Å². The van der Waals surface area contributed by atoms with Crippen LogP contribution < -0.4 is 0 Å². The molecule has 0 aromatic carbocycles. The van der Waals surface area contributed by atoms with Crippen LogP contribution in [-0.4, -0.2) is 24.5 Å². The van der Waals surface area contributed by atoms with Gasteiger partial charge in [0.2, 0.25) is 0 Å². The van der Waals surface area contributed by atoms with Crippen LogP contribution >= 0.6 is 0 Å². The third-order valence-corrected chi connectivity index (χ3v) is 3.16. The van der Waals surface area contributed by atoms with Gasteiger partial charge in [0.25, 0.3) is 0 Å². The fourth-order valence-corrected chi connectivity index (χ4v) is 2.03. The topological polar surface area (TPSA) is 3.24 Å². The summed E-state index contributed by atoms with van der Waals surface area (Å²) in [5.74, 6) is 0. The summed E-state index contributed by atoms with van der Waals surface area (Å²) in [6, 6.07) is 0. The first kappa shape index (κ1) is 7.60. The Labute approximate surface area is 69.8 Å². The number of piperidine rings is 1. The molecular weight excluding hydrogens is 134 g/mol. The SMILES string of the molecule is CC1(CN2CCCCC2)CC1. The monoisotopic (exact) mass is 153 g/mol. The van der Waals surface area contributed by atoms with E-state index < -0.39 is 0 Å². The summed E-state index contributed by atoms with van der Waals surface area (Å²) in [6.45, 7) is 6.56. The van der Waals surface area contributed by atoms with Crippen molar-refractivity contribution in [1.82, 2.24) is 4.90 Å². The average molecular weight is 153 g/mol. The van der Waals surface area contributed by atoms with Gasteiger partial charge >= 0.3 is 0 Å². The van der Waals surface area contributed by atoms with Gasteiger partial charge in [-0.2, -0.15) is 0 Å². The summed E-state index contributed by atoms with van der Waals surface area (Å²) in [4.78, 5) is 2.66. The molecule has 2 fully saturated rings. The molecule has 0 unspecified atom stereocenters. The highest BCUT2D eigenvalue weighted by molar-refractivity contribution is 4.91. The Balaban J connectivity index is 1.76. The average Bonchev–Trinajstić information content (AvgIpc) is 2.70. The fraction of sp³-hybridized carbons (Fsp3) is 1.00. The lowest BCUT2D eigenvalue weighted by Crippen LogP contribution is -2.34. The van der Waals surface area contributed by atoms with Gasteiger partial charge in [-0.15, -0.1) is 0 Å². The van der Waals surface area contributed by atoms with Crippen LogP contribution in [0.1, 0.15) is 39.0 Å².